The quantitative estimate of drug-likeness (QED) is 0.121. The van der Waals surface area contributed by atoms with Gasteiger partial charge in [-0.15, -0.1) is 0 Å². The first-order valence-electron chi connectivity index (χ1n) is 20.3. The van der Waals surface area contributed by atoms with Crippen molar-refractivity contribution in [2.75, 3.05) is 56.2 Å². The molecule has 16 nitrogen and oxygen atoms in total. The second-order valence-electron chi connectivity index (χ2n) is 15.4. The number of nitrogens with one attached hydrogen (secondary N) is 2. The molecule has 1 aromatic carbocycles. The molecule has 0 radical (unpaired) electrons. The fourth-order valence-corrected chi connectivity index (χ4v) is 8.57. The highest BCUT2D eigenvalue weighted by Gasteiger charge is 2.32. The van der Waals surface area contributed by atoms with Gasteiger partial charge in [-0.05, 0) is 75.5 Å². The molecule has 7 heterocycles. The minimum atomic E-state index is -2.86. The summed E-state index contributed by atoms with van der Waals surface area (Å²) in [5, 5.41) is 13.5. The summed E-state index contributed by atoms with van der Waals surface area (Å²) in [5.74, 6) is -0.576. The summed E-state index contributed by atoms with van der Waals surface area (Å²) in [7, 11) is 1.70. The molecule has 0 spiro atoms. The fraction of sp³-hybridized carbons (Fsp3) is 0.525. The zero-order chi connectivity index (χ0) is 40.3. The lowest BCUT2D eigenvalue weighted by Crippen LogP contribution is -2.44. The number of imidazole rings is 1. The number of imide groups is 1. The Morgan fingerprint density at radius 3 is 2.59 bits per heavy atom. The number of rotatable bonds is 14. The number of hydrogen-bond acceptors (Lipinski definition) is 10. The van der Waals surface area contributed by atoms with Crippen LogP contribution in [0.3, 0.4) is 0 Å². The third kappa shape index (κ3) is 8.12. The van der Waals surface area contributed by atoms with Crippen LogP contribution in [0.4, 0.5) is 20.3 Å². The molecule has 308 valence electrons. The molecule has 1 unspecified atom stereocenters. The molecular formula is C40H49F2N11O5. The standard InChI is InChI=1S/C40H49F2N11O5/c1-48-35-26(8-5-10-30(35)53(40(48)57)31-11-12-33(54)46-39(31)56)9-6-22-58-23-7-16-49-19-13-27(14-20-49)52-25-29(34(47-52)36(41)42)44-38(55)28-24-43-51-21-15-32(45-37(28)51)50-17-3-2-4-18-50/h5,8,10,15,21,24-25,27,31,36H,2-4,6-7,9,11-14,16-20,22-23H2,1H3,(H,44,55)(H,46,54,56). The number of carbonyl (C=O) groups is 3. The maximum absolute atomic E-state index is 14.2. The summed E-state index contributed by atoms with van der Waals surface area (Å²) >= 11 is 0. The lowest BCUT2D eigenvalue weighted by Gasteiger charge is -2.32. The normalized spacial score (nSPS) is 18.5. The SMILES string of the molecule is Cn1c(=O)n(C2CCC(=O)NC2=O)c2cccc(CCCOCCCN3CCC(n4cc(NC(=O)c5cnn6ccc(N7CCCCC7)nc56)c(C(F)F)n4)CC3)c21. The number of hydrogen-bond donors (Lipinski definition) is 2. The first-order valence-corrected chi connectivity index (χ1v) is 20.3. The molecule has 0 aliphatic carbocycles. The van der Waals surface area contributed by atoms with E-state index in [1.807, 2.05) is 24.3 Å². The van der Waals surface area contributed by atoms with Gasteiger partial charge in [0.15, 0.2) is 11.3 Å². The van der Waals surface area contributed by atoms with E-state index in [4.69, 9.17) is 9.72 Å². The predicted molar refractivity (Wildman–Crippen MR) is 211 cm³/mol. The number of likely N-dealkylation sites (tertiary alicyclic amines) is 1. The van der Waals surface area contributed by atoms with Gasteiger partial charge in [-0.25, -0.2) is 23.1 Å². The number of carbonyl (C=O) groups excluding carboxylic acids is 3. The van der Waals surface area contributed by atoms with Crippen LogP contribution in [0.15, 0.2) is 47.7 Å². The van der Waals surface area contributed by atoms with E-state index < -0.39 is 30.0 Å². The Bertz CT molecular complexity index is 2350. The van der Waals surface area contributed by atoms with E-state index in [0.29, 0.717) is 37.2 Å². The summed E-state index contributed by atoms with van der Waals surface area (Å²) < 4.78 is 40.5. The van der Waals surface area contributed by atoms with Crippen LogP contribution in [-0.4, -0.2) is 102 Å². The van der Waals surface area contributed by atoms with Crippen LogP contribution in [-0.2, 0) is 27.8 Å². The van der Waals surface area contributed by atoms with Gasteiger partial charge in [0.05, 0.1) is 29.0 Å². The molecule has 2 N–H and O–H groups in total. The molecule has 0 bridgehead atoms. The molecule has 58 heavy (non-hydrogen) atoms. The van der Waals surface area contributed by atoms with E-state index in [2.05, 4.69) is 30.6 Å². The average molecular weight is 802 g/mol. The fourth-order valence-electron chi connectivity index (χ4n) is 8.57. The molecule has 3 fully saturated rings. The Balaban J connectivity index is 0.793. The third-order valence-electron chi connectivity index (χ3n) is 11.6. The Morgan fingerprint density at radius 2 is 1.81 bits per heavy atom. The van der Waals surface area contributed by atoms with Gasteiger partial charge in [0.1, 0.15) is 17.4 Å². The van der Waals surface area contributed by atoms with Gasteiger partial charge in [0.2, 0.25) is 11.8 Å². The van der Waals surface area contributed by atoms with Crippen molar-refractivity contribution in [1.29, 1.82) is 0 Å². The summed E-state index contributed by atoms with van der Waals surface area (Å²) in [6, 6.07) is 6.78. The number of anilines is 2. The van der Waals surface area contributed by atoms with Crippen molar-refractivity contribution >= 4 is 45.9 Å². The number of nitrogens with zero attached hydrogens (tertiary/aromatic N) is 9. The Labute approximate surface area is 333 Å². The summed E-state index contributed by atoms with van der Waals surface area (Å²) in [6.45, 7) is 5.34. The molecule has 5 aromatic rings. The van der Waals surface area contributed by atoms with E-state index in [1.54, 1.807) is 22.5 Å². The number of fused-ring (bicyclic) bond motifs is 2. The van der Waals surface area contributed by atoms with Crippen LogP contribution < -0.4 is 21.2 Å². The van der Waals surface area contributed by atoms with Gasteiger partial charge in [-0.2, -0.15) is 10.2 Å². The molecule has 3 aliphatic heterocycles. The number of aryl methyl sites for hydroxylation is 2. The monoisotopic (exact) mass is 801 g/mol. The van der Waals surface area contributed by atoms with Gasteiger partial charge in [0.25, 0.3) is 12.3 Å². The maximum atomic E-state index is 14.2. The Hall–Kier alpha value is -5.49. The van der Waals surface area contributed by atoms with Crippen molar-refractivity contribution < 1.29 is 27.9 Å². The molecule has 3 amide bonds. The second-order valence-corrected chi connectivity index (χ2v) is 15.4. The number of piperidine rings is 3. The van der Waals surface area contributed by atoms with E-state index in [1.165, 1.54) is 27.9 Å². The second kappa shape index (κ2) is 17.2. The first-order chi connectivity index (χ1) is 28.2. The maximum Gasteiger partial charge on any atom is 0.329 e. The van der Waals surface area contributed by atoms with Gasteiger partial charge < -0.3 is 19.9 Å². The summed E-state index contributed by atoms with van der Waals surface area (Å²) in [5.41, 5.74) is 2.26. The van der Waals surface area contributed by atoms with E-state index >= 15 is 0 Å². The van der Waals surface area contributed by atoms with Crippen LogP contribution in [0, 0.1) is 0 Å². The van der Waals surface area contributed by atoms with Crippen molar-refractivity contribution in [3.63, 3.8) is 0 Å². The van der Waals surface area contributed by atoms with Crippen LogP contribution in [0.1, 0.15) is 97.9 Å². The summed E-state index contributed by atoms with van der Waals surface area (Å²) in [4.78, 5) is 60.1. The van der Waals surface area contributed by atoms with Gasteiger partial charge >= 0.3 is 5.69 Å². The highest BCUT2D eigenvalue weighted by molar-refractivity contribution is 6.08. The number of aromatic nitrogens is 7. The molecule has 18 heteroatoms. The molecular weight excluding hydrogens is 753 g/mol. The highest BCUT2D eigenvalue weighted by Crippen LogP contribution is 2.31. The van der Waals surface area contributed by atoms with Gasteiger partial charge in [0, 0.05) is 71.8 Å². The molecule has 3 saturated heterocycles. The van der Waals surface area contributed by atoms with E-state index in [9.17, 15) is 28.0 Å². The smallest absolute Gasteiger partial charge is 0.329 e. The Morgan fingerprint density at radius 1 is 1.02 bits per heavy atom. The Kier molecular flexibility index (Phi) is 11.6. The van der Waals surface area contributed by atoms with Crippen molar-refractivity contribution in [2.24, 2.45) is 7.05 Å². The van der Waals surface area contributed by atoms with Crippen molar-refractivity contribution in [2.45, 2.75) is 82.7 Å². The van der Waals surface area contributed by atoms with Crippen LogP contribution in [0.5, 0.6) is 0 Å². The van der Waals surface area contributed by atoms with E-state index in [-0.39, 0.29) is 35.3 Å². The minimum Gasteiger partial charge on any atom is -0.381 e. The highest BCUT2D eigenvalue weighted by atomic mass is 19.3. The first kappa shape index (κ1) is 39.3. The third-order valence-corrected chi connectivity index (χ3v) is 11.6. The van der Waals surface area contributed by atoms with Crippen LogP contribution >= 0.6 is 0 Å². The predicted octanol–water partition coefficient (Wildman–Crippen LogP) is 4.41. The lowest BCUT2D eigenvalue weighted by molar-refractivity contribution is -0.135. The minimum absolute atomic E-state index is 0.0162. The molecule has 0 saturated carbocycles. The number of amides is 3. The number of halogens is 2. The zero-order valence-electron chi connectivity index (χ0n) is 32.6. The zero-order valence-corrected chi connectivity index (χ0v) is 32.6. The molecule has 4 aromatic heterocycles. The largest absolute Gasteiger partial charge is 0.381 e. The van der Waals surface area contributed by atoms with Crippen LogP contribution in [0.2, 0.25) is 0 Å². The molecule has 8 rings (SSSR count). The topological polar surface area (TPSA) is 166 Å². The van der Waals surface area contributed by atoms with Crippen LogP contribution in [0.25, 0.3) is 16.7 Å². The van der Waals surface area contributed by atoms with Crippen molar-refractivity contribution in [3.05, 3.63) is 70.2 Å². The number of benzene rings is 1. The van der Waals surface area contributed by atoms with Crippen molar-refractivity contribution in [3.8, 4) is 0 Å². The van der Waals surface area contributed by atoms with Gasteiger partial charge in [-0.3, -0.25) is 33.5 Å². The van der Waals surface area contributed by atoms with Crippen molar-refractivity contribution in [1.82, 2.24) is 43.7 Å². The van der Waals surface area contributed by atoms with Gasteiger partial charge in [-0.1, -0.05) is 12.1 Å². The number of alkyl halides is 2. The molecule has 1 atom stereocenters. The van der Waals surface area contributed by atoms with E-state index in [0.717, 1.165) is 88.1 Å². The summed E-state index contributed by atoms with van der Waals surface area (Å²) in [6.07, 6.45) is 9.40. The average Bonchev–Trinajstić information content (AvgIpc) is 3.92. The number of ether oxygens (including phenoxy) is 1. The molecule has 3 aliphatic rings. The lowest BCUT2D eigenvalue weighted by atomic mass is 10.0. The number of para-hydroxylation sites is 1.